The van der Waals surface area contributed by atoms with E-state index in [9.17, 15) is 24.5 Å². The summed E-state index contributed by atoms with van der Waals surface area (Å²) >= 11 is 7.78. The molecule has 0 aliphatic carbocycles. The second-order valence-corrected chi connectivity index (χ2v) is 10.4. The number of imide groups is 1. The van der Waals surface area contributed by atoms with Gasteiger partial charge in [-0.2, -0.15) is 0 Å². The Kier molecular flexibility index (Phi) is 8.72. The number of nitrogens with one attached hydrogen (secondary N) is 1. The monoisotopic (exact) mass is 569 g/mol. The summed E-state index contributed by atoms with van der Waals surface area (Å²) in [4.78, 5) is 51.1. The first-order chi connectivity index (χ1) is 18.2. The molecule has 0 spiro atoms. The van der Waals surface area contributed by atoms with E-state index in [-0.39, 0.29) is 10.6 Å². The fraction of sp³-hybridized carbons (Fsp3) is 0.115. The number of nitro groups is 1. The number of carbonyl (C=O) groups excluding carboxylic acids is 3. The summed E-state index contributed by atoms with van der Waals surface area (Å²) < 4.78 is 5.36. The largest absolute Gasteiger partial charge is 0.494 e. The molecule has 12 heteroatoms. The van der Waals surface area contributed by atoms with Crippen molar-refractivity contribution in [3.05, 3.63) is 92.3 Å². The maximum atomic E-state index is 12.8. The summed E-state index contributed by atoms with van der Waals surface area (Å²) in [5, 5.41) is 14.3. The summed E-state index contributed by atoms with van der Waals surface area (Å²) in [6.07, 6.45) is 1.40. The molecule has 3 aromatic carbocycles. The highest BCUT2D eigenvalue weighted by atomic mass is 35.5. The van der Waals surface area contributed by atoms with Gasteiger partial charge >= 0.3 is 0 Å². The number of rotatable bonds is 9. The van der Waals surface area contributed by atoms with Crippen molar-refractivity contribution in [2.75, 3.05) is 18.5 Å². The zero-order valence-corrected chi connectivity index (χ0v) is 22.3. The lowest BCUT2D eigenvalue weighted by atomic mass is 10.2. The van der Waals surface area contributed by atoms with Crippen LogP contribution in [0.5, 0.6) is 5.75 Å². The highest BCUT2D eigenvalue weighted by Gasteiger charge is 2.36. The molecule has 1 fully saturated rings. The topological polar surface area (TPSA) is 119 Å². The maximum Gasteiger partial charge on any atom is 0.294 e. The van der Waals surface area contributed by atoms with Gasteiger partial charge in [0.1, 0.15) is 12.3 Å². The summed E-state index contributed by atoms with van der Waals surface area (Å²) in [5.41, 5.74) is 0.721. The Hall–Kier alpha value is -3.80. The number of thioether (sulfide) groups is 1. The van der Waals surface area contributed by atoms with Crippen LogP contribution in [0.15, 0.2) is 81.4 Å². The van der Waals surface area contributed by atoms with E-state index in [1.807, 2.05) is 6.92 Å². The summed E-state index contributed by atoms with van der Waals surface area (Å²) in [5.74, 6) is -0.542. The van der Waals surface area contributed by atoms with Crippen molar-refractivity contribution in [3.63, 3.8) is 0 Å². The molecule has 1 aliphatic heterocycles. The van der Waals surface area contributed by atoms with Gasteiger partial charge < -0.3 is 10.1 Å². The zero-order valence-electron chi connectivity index (χ0n) is 19.9. The maximum absolute atomic E-state index is 12.8. The smallest absolute Gasteiger partial charge is 0.294 e. The van der Waals surface area contributed by atoms with E-state index in [0.717, 1.165) is 9.80 Å². The number of hydrogen-bond acceptors (Lipinski definition) is 8. The first kappa shape index (κ1) is 27.2. The molecular formula is C26H20ClN3O6S2. The molecule has 0 atom stereocenters. The zero-order chi connectivity index (χ0) is 27.2. The minimum Gasteiger partial charge on any atom is -0.494 e. The van der Waals surface area contributed by atoms with Crippen molar-refractivity contribution in [2.24, 2.45) is 0 Å². The van der Waals surface area contributed by atoms with Crippen molar-refractivity contribution in [1.29, 1.82) is 0 Å². The predicted molar refractivity (Wildman–Crippen MR) is 148 cm³/mol. The highest BCUT2D eigenvalue weighted by molar-refractivity contribution is 8.18. The summed E-state index contributed by atoms with van der Waals surface area (Å²) in [6.45, 7) is 1.91. The van der Waals surface area contributed by atoms with Gasteiger partial charge in [-0.25, -0.2) is 0 Å². The van der Waals surface area contributed by atoms with Crippen LogP contribution in [0.25, 0.3) is 6.08 Å². The Morgan fingerprint density at radius 1 is 1.13 bits per heavy atom. The van der Waals surface area contributed by atoms with Crippen LogP contribution >= 0.6 is 35.1 Å². The second kappa shape index (κ2) is 12.2. The highest BCUT2D eigenvalue weighted by Crippen LogP contribution is 2.37. The number of nitrogens with zero attached hydrogens (tertiary/aromatic N) is 2. The summed E-state index contributed by atoms with van der Waals surface area (Å²) in [6, 6.07) is 18.1. The standard InChI is InChI=1S/C26H20ClN3O6S2/c1-2-36-19-8-6-18(7-9-19)28-24(31)15-29-25(32)23(38-26(29)33)14-16-3-12-22(21(13-16)30(34)35)37-20-10-4-17(27)5-11-20/h3-14H,2,15H2,1H3,(H,28,31)/b23-14-. The fourth-order valence-corrected chi connectivity index (χ4v) is 5.28. The Balaban J connectivity index is 1.45. The SMILES string of the molecule is CCOc1ccc(NC(=O)CN2C(=O)S/C(=C\c3ccc(Sc4ccc(Cl)cc4)c([N+](=O)[O-])c3)C2=O)cc1. The van der Waals surface area contributed by atoms with Gasteiger partial charge in [0.2, 0.25) is 5.91 Å². The Morgan fingerprint density at radius 2 is 1.84 bits per heavy atom. The lowest BCUT2D eigenvalue weighted by Gasteiger charge is -2.12. The molecule has 1 N–H and O–H groups in total. The van der Waals surface area contributed by atoms with E-state index in [4.69, 9.17) is 16.3 Å². The quantitative estimate of drug-likeness (QED) is 0.177. The van der Waals surface area contributed by atoms with E-state index >= 15 is 0 Å². The normalized spacial score (nSPS) is 14.2. The van der Waals surface area contributed by atoms with Gasteiger partial charge in [-0.1, -0.05) is 29.4 Å². The Morgan fingerprint density at radius 3 is 2.50 bits per heavy atom. The number of hydrogen-bond donors (Lipinski definition) is 1. The third kappa shape index (κ3) is 6.74. The van der Waals surface area contributed by atoms with E-state index in [1.165, 1.54) is 23.9 Å². The lowest BCUT2D eigenvalue weighted by molar-refractivity contribution is -0.387. The number of halogens is 1. The molecule has 1 saturated heterocycles. The van der Waals surface area contributed by atoms with Crippen LogP contribution in [0.1, 0.15) is 12.5 Å². The number of carbonyl (C=O) groups is 3. The van der Waals surface area contributed by atoms with Crippen LogP contribution in [0.4, 0.5) is 16.2 Å². The van der Waals surface area contributed by atoms with Crippen LogP contribution in [0, 0.1) is 10.1 Å². The average Bonchev–Trinajstić information content (AvgIpc) is 3.14. The Labute approximate surface area is 231 Å². The van der Waals surface area contributed by atoms with E-state index in [0.29, 0.717) is 45.3 Å². The number of anilines is 1. The van der Waals surface area contributed by atoms with E-state index < -0.39 is 28.5 Å². The van der Waals surface area contributed by atoms with Gasteiger partial charge in [0, 0.05) is 21.7 Å². The minimum absolute atomic E-state index is 0.0660. The van der Waals surface area contributed by atoms with Gasteiger partial charge in [0.15, 0.2) is 0 Å². The third-order valence-corrected chi connectivity index (χ3v) is 7.38. The predicted octanol–water partition coefficient (Wildman–Crippen LogP) is 6.47. The van der Waals surface area contributed by atoms with Gasteiger partial charge in [-0.3, -0.25) is 29.4 Å². The van der Waals surface area contributed by atoms with Gasteiger partial charge in [0.25, 0.3) is 16.8 Å². The van der Waals surface area contributed by atoms with Crippen LogP contribution in [-0.4, -0.2) is 40.0 Å². The molecule has 1 heterocycles. The third-order valence-electron chi connectivity index (χ3n) is 5.14. The molecule has 0 bridgehead atoms. The molecule has 1 aliphatic rings. The van der Waals surface area contributed by atoms with Crippen molar-refractivity contribution in [1.82, 2.24) is 4.90 Å². The molecule has 3 aromatic rings. The molecule has 0 unspecified atom stereocenters. The lowest BCUT2D eigenvalue weighted by Crippen LogP contribution is -2.36. The number of amides is 3. The molecule has 3 amide bonds. The van der Waals surface area contributed by atoms with Crippen molar-refractivity contribution < 1.29 is 24.0 Å². The van der Waals surface area contributed by atoms with E-state index in [1.54, 1.807) is 60.7 Å². The first-order valence-electron chi connectivity index (χ1n) is 11.2. The van der Waals surface area contributed by atoms with Crippen molar-refractivity contribution in [2.45, 2.75) is 16.7 Å². The van der Waals surface area contributed by atoms with Crippen LogP contribution in [-0.2, 0) is 9.59 Å². The van der Waals surface area contributed by atoms with E-state index in [2.05, 4.69) is 5.32 Å². The van der Waals surface area contributed by atoms with Gasteiger partial charge in [-0.05, 0) is 84.9 Å². The minimum atomic E-state index is -0.649. The molecule has 38 heavy (non-hydrogen) atoms. The number of nitro benzene ring substituents is 1. The Bertz CT molecular complexity index is 1430. The molecule has 194 valence electrons. The average molecular weight is 570 g/mol. The second-order valence-electron chi connectivity index (χ2n) is 7.81. The van der Waals surface area contributed by atoms with Crippen molar-refractivity contribution in [3.8, 4) is 5.75 Å². The number of ether oxygens (including phenoxy) is 1. The fourth-order valence-electron chi connectivity index (χ4n) is 3.42. The molecule has 0 saturated carbocycles. The first-order valence-corrected chi connectivity index (χ1v) is 13.2. The van der Waals surface area contributed by atoms with Crippen LogP contribution in [0.2, 0.25) is 5.02 Å². The molecular weight excluding hydrogens is 550 g/mol. The van der Waals surface area contributed by atoms with Gasteiger partial charge in [-0.15, -0.1) is 0 Å². The van der Waals surface area contributed by atoms with Crippen LogP contribution in [0.3, 0.4) is 0 Å². The molecule has 0 radical (unpaired) electrons. The molecule has 9 nitrogen and oxygen atoms in total. The molecule has 4 rings (SSSR count). The van der Waals surface area contributed by atoms with Crippen LogP contribution < -0.4 is 10.1 Å². The van der Waals surface area contributed by atoms with Gasteiger partial charge in [0.05, 0.1) is 21.3 Å². The molecule has 0 aromatic heterocycles. The summed E-state index contributed by atoms with van der Waals surface area (Å²) in [7, 11) is 0. The van der Waals surface area contributed by atoms with Crippen molar-refractivity contribution >= 4 is 69.6 Å². The number of benzene rings is 3.